The minimum atomic E-state index is 0.907. The first-order valence-corrected chi connectivity index (χ1v) is 13.1. The lowest BCUT2D eigenvalue weighted by Crippen LogP contribution is -1.97. The van der Waals surface area contributed by atoms with Crippen LogP contribution in [-0.2, 0) is 0 Å². The summed E-state index contributed by atoms with van der Waals surface area (Å²) in [5, 5.41) is 7.45. The molecule has 0 unspecified atom stereocenters. The summed E-state index contributed by atoms with van der Waals surface area (Å²) >= 11 is 0. The Balaban J connectivity index is 1.45. The summed E-state index contributed by atoms with van der Waals surface area (Å²) < 4.78 is 6.40. The molecule has 0 N–H and O–H groups in total. The normalized spacial score (nSPS) is 12.0. The monoisotopic (exact) mass is 484 g/mol. The number of fused-ring (bicyclic) bond motifs is 4. The molecule has 38 heavy (non-hydrogen) atoms. The Labute approximate surface area is 221 Å². The second kappa shape index (κ2) is 8.06. The van der Waals surface area contributed by atoms with E-state index in [0.29, 0.717) is 0 Å². The van der Waals surface area contributed by atoms with Crippen LogP contribution in [-0.4, -0.2) is 0 Å². The highest BCUT2D eigenvalue weighted by Gasteiger charge is 2.22. The van der Waals surface area contributed by atoms with Crippen LogP contribution < -0.4 is 4.74 Å². The molecule has 8 rings (SSSR count). The van der Waals surface area contributed by atoms with E-state index in [0.717, 1.165) is 17.1 Å². The molecule has 7 aromatic carbocycles. The summed E-state index contributed by atoms with van der Waals surface area (Å²) in [6, 6.07) is 46.0. The predicted molar refractivity (Wildman–Crippen MR) is 160 cm³/mol. The minimum absolute atomic E-state index is 0.907. The zero-order chi connectivity index (χ0) is 25.2. The third-order valence-electron chi connectivity index (χ3n) is 7.92. The Morgan fingerprint density at radius 2 is 1.03 bits per heavy atom. The Hall–Kier alpha value is -4.88. The van der Waals surface area contributed by atoms with Crippen LogP contribution in [0.3, 0.4) is 0 Å². The lowest BCUT2D eigenvalue weighted by atomic mass is 9.85. The zero-order valence-electron chi connectivity index (χ0n) is 21.0. The summed E-state index contributed by atoms with van der Waals surface area (Å²) in [5.41, 5.74) is 8.64. The number of hydrogen-bond acceptors (Lipinski definition) is 1. The largest absolute Gasteiger partial charge is 0.456 e. The van der Waals surface area contributed by atoms with E-state index in [-0.39, 0.29) is 0 Å². The maximum absolute atomic E-state index is 6.40. The van der Waals surface area contributed by atoms with Crippen LogP contribution in [0.1, 0.15) is 5.56 Å². The van der Waals surface area contributed by atoms with Crippen LogP contribution >= 0.6 is 0 Å². The summed E-state index contributed by atoms with van der Waals surface area (Å²) in [5.74, 6) is 1.83. The standard InChI is InChI=1S/C37H24O/c1-23-16-18-25(19-17-23)35-27-10-2-4-12-29(27)36(30-13-5-3-11-28(30)35)26-20-21-33-32(22-26)31-14-6-8-24-9-7-15-34(38-33)37(24)31/h2-22H,1H3. The van der Waals surface area contributed by atoms with Gasteiger partial charge >= 0.3 is 0 Å². The minimum Gasteiger partial charge on any atom is -0.456 e. The second-order valence-corrected chi connectivity index (χ2v) is 10.2. The molecule has 0 radical (unpaired) electrons. The van der Waals surface area contributed by atoms with Crippen molar-refractivity contribution in [3.05, 3.63) is 133 Å². The van der Waals surface area contributed by atoms with E-state index in [1.165, 1.54) is 65.7 Å². The first kappa shape index (κ1) is 21.2. The fourth-order valence-corrected chi connectivity index (χ4v) is 6.19. The van der Waals surface area contributed by atoms with E-state index < -0.39 is 0 Å². The van der Waals surface area contributed by atoms with Crippen molar-refractivity contribution in [3.8, 4) is 44.9 Å². The van der Waals surface area contributed by atoms with Crippen molar-refractivity contribution in [2.75, 3.05) is 0 Å². The van der Waals surface area contributed by atoms with Gasteiger partial charge in [0.05, 0.1) is 0 Å². The summed E-state index contributed by atoms with van der Waals surface area (Å²) in [6.45, 7) is 2.14. The van der Waals surface area contributed by atoms with Gasteiger partial charge in [-0.1, -0.05) is 115 Å². The molecule has 1 heteroatoms. The molecule has 178 valence electrons. The first-order chi connectivity index (χ1) is 18.8. The van der Waals surface area contributed by atoms with Gasteiger partial charge in [-0.25, -0.2) is 0 Å². The van der Waals surface area contributed by atoms with Crippen LogP contribution in [0.15, 0.2) is 127 Å². The van der Waals surface area contributed by atoms with E-state index in [9.17, 15) is 0 Å². The van der Waals surface area contributed by atoms with Crippen molar-refractivity contribution in [3.63, 3.8) is 0 Å². The highest BCUT2D eigenvalue weighted by atomic mass is 16.5. The fourth-order valence-electron chi connectivity index (χ4n) is 6.19. The summed E-state index contributed by atoms with van der Waals surface area (Å²) in [6.07, 6.45) is 0. The van der Waals surface area contributed by atoms with Crippen LogP contribution in [0.2, 0.25) is 0 Å². The van der Waals surface area contributed by atoms with Gasteiger partial charge in [0.1, 0.15) is 11.5 Å². The Bertz CT molecular complexity index is 1990. The second-order valence-electron chi connectivity index (χ2n) is 10.2. The van der Waals surface area contributed by atoms with E-state index >= 15 is 0 Å². The van der Waals surface area contributed by atoms with Crippen molar-refractivity contribution in [2.45, 2.75) is 6.92 Å². The van der Waals surface area contributed by atoms with Crippen LogP contribution in [0.5, 0.6) is 11.5 Å². The number of aryl methyl sites for hydroxylation is 1. The third kappa shape index (κ3) is 3.06. The molecule has 0 aliphatic carbocycles. The van der Waals surface area contributed by atoms with Gasteiger partial charge in [0, 0.05) is 10.9 Å². The molecular weight excluding hydrogens is 460 g/mol. The maximum Gasteiger partial charge on any atom is 0.135 e. The van der Waals surface area contributed by atoms with Gasteiger partial charge < -0.3 is 4.74 Å². The topological polar surface area (TPSA) is 9.23 Å². The van der Waals surface area contributed by atoms with Gasteiger partial charge in [0.15, 0.2) is 0 Å². The first-order valence-electron chi connectivity index (χ1n) is 13.1. The van der Waals surface area contributed by atoms with E-state index in [1.807, 2.05) is 0 Å². The molecule has 0 bridgehead atoms. The maximum atomic E-state index is 6.40. The Morgan fingerprint density at radius 3 is 1.68 bits per heavy atom. The van der Waals surface area contributed by atoms with Crippen molar-refractivity contribution in [2.24, 2.45) is 0 Å². The van der Waals surface area contributed by atoms with Gasteiger partial charge in [-0.15, -0.1) is 0 Å². The SMILES string of the molecule is Cc1ccc(-c2c3ccccc3c(-c3ccc4c(c3)-c3cccc5cccc(c35)O4)c3ccccc23)cc1. The van der Waals surface area contributed by atoms with Crippen molar-refractivity contribution >= 4 is 32.3 Å². The Kier molecular flexibility index (Phi) is 4.50. The van der Waals surface area contributed by atoms with Gasteiger partial charge in [0.25, 0.3) is 0 Å². The molecule has 0 saturated carbocycles. The molecule has 1 aliphatic rings. The van der Waals surface area contributed by atoms with E-state index in [4.69, 9.17) is 4.74 Å². The number of rotatable bonds is 2. The Morgan fingerprint density at radius 1 is 0.447 bits per heavy atom. The lowest BCUT2D eigenvalue weighted by molar-refractivity contribution is 0.487. The van der Waals surface area contributed by atoms with E-state index in [2.05, 4.69) is 134 Å². The third-order valence-corrected chi connectivity index (χ3v) is 7.92. The fraction of sp³-hybridized carbons (Fsp3) is 0.0270. The van der Waals surface area contributed by atoms with Gasteiger partial charge in [-0.05, 0) is 79.9 Å². The number of benzene rings is 7. The molecule has 0 spiro atoms. The van der Waals surface area contributed by atoms with Gasteiger partial charge in [0.2, 0.25) is 0 Å². The molecule has 0 fully saturated rings. The smallest absolute Gasteiger partial charge is 0.135 e. The lowest BCUT2D eigenvalue weighted by Gasteiger charge is -2.23. The molecule has 0 saturated heterocycles. The molecule has 7 aromatic rings. The van der Waals surface area contributed by atoms with E-state index in [1.54, 1.807) is 0 Å². The zero-order valence-corrected chi connectivity index (χ0v) is 21.0. The summed E-state index contributed by atoms with van der Waals surface area (Å²) in [4.78, 5) is 0. The van der Waals surface area contributed by atoms with Crippen molar-refractivity contribution in [1.82, 2.24) is 0 Å². The highest BCUT2D eigenvalue weighted by Crippen LogP contribution is 2.49. The average Bonchev–Trinajstić information content (AvgIpc) is 2.97. The molecule has 0 atom stereocenters. The molecule has 1 nitrogen and oxygen atoms in total. The molecule has 0 amide bonds. The highest BCUT2D eigenvalue weighted by molar-refractivity contribution is 6.21. The van der Waals surface area contributed by atoms with Crippen LogP contribution in [0.4, 0.5) is 0 Å². The van der Waals surface area contributed by atoms with Gasteiger partial charge in [-0.3, -0.25) is 0 Å². The number of ether oxygens (including phenoxy) is 1. The van der Waals surface area contributed by atoms with Crippen molar-refractivity contribution in [1.29, 1.82) is 0 Å². The molecule has 1 aliphatic heterocycles. The van der Waals surface area contributed by atoms with Crippen LogP contribution in [0, 0.1) is 6.92 Å². The van der Waals surface area contributed by atoms with Crippen molar-refractivity contribution < 1.29 is 4.74 Å². The molecule has 1 heterocycles. The predicted octanol–water partition coefficient (Wildman–Crippen LogP) is 10.6. The average molecular weight is 485 g/mol. The molecular formula is C37H24O. The quantitative estimate of drug-likeness (QED) is 0.222. The molecule has 0 aromatic heterocycles. The summed E-state index contributed by atoms with van der Waals surface area (Å²) in [7, 11) is 0. The van der Waals surface area contributed by atoms with Gasteiger partial charge in [-0.2, -0.15) is 0 Å². The van der Waals surface area contributed by atoms with Crippen LogP contribution in [0.25, 0.3) is 65.7 Å². The number of hydrogen-bond donors (Lipinski definition) is 0.